The Bertz CT molecular complexity index is 522. The summed E-state index contributed by atoms with van der Waals surface area (Å²) < 4.78 is 39.1. The van der Waals surface area contributed by atoms with Gasteiger partial charge in [0, 0.05) is 0 Å². The standard InChI is InChI=1S/C7HClF3IN2O4/c8-5(15)4-2(14(16)17)1-3(6(12)13-4)18-7(9,10)11/h1H. The Kier molecular flexibility index (Phi) is 4.32. The van der Waals surface area contributed by atoms with E-state index in [-0.39, 0.29) is 3.70 Å². The molecule has 0 N–H and O–H groups in total. The predicted octanol–water partition coefficient (Wildman–Crippen LogP) is 2.87. The van der Waals surface area contributed by atoms with Gasteiger partial charge in [-0.15, -0.1) is 13.2 Å². The van der Waals surface area contributed by atoms with Crippen molar-refractivity contribution in [2.24, 2.45) is 0 Å². The van der Waals surface area contributed by atoms with E-state index in [4.69, 9.17) is 11.6 Å². The lowest BCUT2D eigenvalue weighted by Crippen LogP contribution is -2.19. The summed E-state index contributed by atoms with van der Waals surface area (Å²) in [6.45, 7) is 0. The monoisotopic (exact) mass is 396 g/mol. The van der Waals surface area contributed by atoms with E-state index in [0.29, 0.717) is 6.07 Å². The van der Waals surface area contributed by atoms with Crippen molar-refractivity contribution in [3.05, 3.63) is 25.6 Å². The number of aromatic nitrogens is 1. The summed E-state index contributed by atoms with van der Waals surface area (Å²) in [4.78, 5) is 23.7. The van der Waals surface area contributed by atoms with Crippen molar-refractivity contribution in [1.82, 2.24) is 4.98 Å². The smallest absolute Gasteiger partial charge is 0.403 e. The summed E-state index contributed by atoms with van der Waals surface area (Å²) in [6.07, 6.45) is -5.03. The van der Waals surface area contributed by atoms with Crippen molar-refractivity contribution in [2.45, 2.75) is 6.36 Å². The van der Waals surface area contributed by atoms with Crippen LogP contribution in [0.2, 0.25) is 0 Å². The third-order valence-electron chi connectivity index (χ3n) is 1.53. The molecule has 1 aromatic rings. The van der Waals surface area contributed by atoms with E-state index in [0.717, 1.165) is 0 Å². The molecule has 0 aliphatic carbocycles. The minimum Gasteiger partial charge on any atom is -0.403 e. The minimum atomic E-state index is -5.03. The lowest BCUT2D eigenvalue weighted by atomic mass is 10.3. The fourth-order valence-corrected chi connectivity index (χ4v) is 1.59. The molecule has 98 valence electrons. The van der Waals surface area contributed by atoms with E-state index in [1.165, 1.54) is 22.6 Å². The summed E-state index contributed by atoms with van der Waals surface area (Å²) in [5.41, 5.74) is -1.71. The molecule has 0 atom stereocenters. The maximum absolute atomic E-state index is 12.0. The molecule has 0 aliphatic rings. The molecule has 0 aromatic carbocycles. The van der Waals surface area contributed by atoms with Gasteiger partial charge in [0.1, 0.15) is 3.70 Å². The Labute approximate surface area is 115 Å². The van der Waals surface area contributed by atoms with E-state index in [9.17, 15) is 28.1 Å². The van der Waals surface area contributed by atoms with Crippen LogP contribution in [0.25, 0.3) is 0 Å². The normalized spacial score (nSPS) is 11.2. The number of nitrogens with zero attached hydrogens (tertiary/aromatic N) is 2. The first-order valence-electron chi connectivity index (χ1n) is 3.92. The molecule has 0 aliphatic heterocycles. The zero-order chi connectivity index (χ0) is 14.1. The zero-order valence-electron chi connectivity index (χ0n) is 7.99. The van der Waals surface area contributed by atoms with E-state index in [1.54, 1.807) is 0 Å². The van der Waals surface area contributed by atoms with Gasteiger partial charge in [0.25, 0.3) is 5.24 Å². The van der Waals surface area contributed by atoms with Gasteiger partial charge in [-0.2, -0.15) is 0 Å². The number of pyridine rings is 1. The van der Waals surface area contributed by atoms with Crippen molar-refractivity contribution >= 4 is 45.1 Å². The van der Waals surface area contributed by atoms with Crippen LogP contribution in [0, 0.1) is 13.8 Å². The fraction of sp³-hybridized carbons (Fsp3) is 0.143. The number of hydrogen-bond acceptors (Lipinski definition) is 5. The van der Waals surface area contributed by atoms with Crippen LogP contribution < -0.4 is 4.74 Å². The highest BCUT2D eigenvalue weighted by Gasteiger charge is 2.34. The number of rotatable bonds is 3. The topological polar surface area (TPSA) is 82.3 Å². The molecule has 0 saturated heterocycles. The van der Waals surface area contributed by atoms with E-state index >= 15 is 0 Å². The Balaban J connectivity index is 3.36. The number of ether oxygens (including phenoxy) is 1. The van der Waals surface area contributed by atoms with Crippen LogP contribution in [0.1, 0.15) is 10.5 Å². The van der Waals surface area contributed by atoms with Crippen LogP contribution in [0.3, 0.4) is 0 Å². The first-order chi connectivity index (χ1) is 8.11. The van der Waals surface area contributed by atoms with Crippen LogP contribution in [0.4, 0.5) is 18.9 Å². The van der Waals surface area contributed by atoms with Gasteiger partial charge < -0.3 is 4.74 Å². The van der Waals surface area contributed by atoms with E-state index < -0.39 is 33.7 Å². The molecular weight excluding hydrogens is 395 g/mol. The SMILES string of the molecule is O=C(Cl)c1nc(I)c(OC(F)(F)F)cc1[N+](=O)[O-]. The van der Waals surface area contributed by atoms with Crippen molar-refractivity contribution < 1.29 is 27.6 Å². The predicted molar refractivity (Wildman–Crippen MR) is 60.5 cm³/mol. The molecule has 0 radical (unpaired) electrons. The van der Waals surface area contributed by atoms with Crippen LogP contribution >= 0.6 is 34.2 Å². The summed E-state index contributed by atoms with van der Waals surface area (Å²) >= 11 is 6.37. The number of carbonyl (C=O) groups excluding carboxylic acids is 1. The van der Waals surface area contributed by atoms with E-state index in [1.807, 2.05) is 0 Å². The van der Waals surface area contributed by atoms with Gasteiger partial charge in [0.15, 0.2) is 5.75 Å². The second kappa shape index (κ2) is 5.22. The molecule has 18 heavy (non-hydrogen) atoms. The molecule has 1 rings (SSSR count). The highest BCUT2D eigenvalue weighted by atomic mass is 127. The number of alkyl halides is 3. The third-order valence-corrected chi connectivity index (χ3v) is 2.48. The number of hydrogen-bond donors (Lipinski definition) is 0. The van der Waals surface area contributed by atoms with Gasteiger partial charge in [-0.1, -0.05) is 0 Å². The first kappa shape index (κ1) is 14.9. The maximum atomic E-state index is 12.0. The van der Waals surface area contributed by atoms with Crippen LogP contribution in [-0.4, -0.2) is 21.5 Å². The molecule has 0 amide bonds. The van der Waals surface area contributed by atoms with E-state index in [2.05, 4.69) is 9.72 Å². The van der Waals surface area contributed by atoms with Crippen molar-refractivity contribution in [3.63, 3.8) is 0 Å². The Morgan fingerprint density at radius 3 is 2.50 bits per heavy atom. The number of halogens is 5. The summed E-state index contributed by atoms with van der Waals surface area (Å²) in [7, 11) is 0. The number of nitro groups is 1. The highest BCUT2D eigenvalue weighted by molar-refractivity contribution is 14.1. The maximum Gasteiger partial charge on any atom is 0.573 e. The molecular formula is C7HClF3IN2O4. The summed E-state index contributed by atoms with van der Waals surface area (Å²) in [5, 5.41) is 9.32. The van der Waals surface area contributed by atoms with Crippen LogP contribution in [0.5, 0.6) is 5.75 Å². The third kappa shape index (κ3) is 3.66. The second-order valence-electron chi connectivity index (χ2n) is 2.72. The van der Waals surface area contributed by atoms with Crippen LogP contribution in [-0.2, 0) is 0 Å². The number of carbonyl (C=O) groups is 1. The Morgan fingerprint density at radius 1 is 1.56 bits per heavy atom. The average Bonchev–Trinajstić information content (AvgIpc) is 2.17. The zero-order valence-corrected chi connectivity index (χ0v) is 10.9. The fourth-order valence-electron chi connectivity index (χ4n) is 0.943. The molecule has 1 heterocycles. The molecule has 0 spiro atoms. The quantitative estimate of drug-likeness (QED) is 0.258. The van der Waals surface area contributed by atoms with Gasteiger partial charge in [-0.25, -0.2) is 4.98 Å². The molecule has 0 unspecified atom stereocenters. The Hall–Kier alpha value is -1.17. The van der Waals surface area contributed by atoms with Gasteiger partial charge in [-0.3, -0.25) is 14.9 Å². The molecule has 0 bridgehead atoms. The van der Waals surface area contributed by atoms with Crippen molar-refractivity contribution in [3.8, 4) is 5.75 Å². The van der Waals surface area contributed by atoms with Gasteiger partial charge in [0.2, 0.25) is 5.69 Å². The molecule has 6 nitrogen and oxygen atoms in total. The minimum absolute atomic E-state index is 0.375. The molecule has 0 saturated carbocycles. The molecule has 11 heteroatoms. The average molecular weight is 396 g/mol. The second-order valence-corrected chi connectivity index (χ2v) is 4.09. The first-order valence-corrected chi connectivity index (χ1v) is 5.38. The lowest BCUT2D eigenvalue weighted by Gasteiger charge is -2.10. The van der Waals surface area contributed by atoms with Gasteiger partial charge in [0.05, 0.1) is 11.0 Å². The molecule has 1 aromatic heterocycles. The van der Waals surface area contributed by atoms with Crippen molar-refractivity contribution in [1.29, 1.82) is 0 Å². The van der Waals surface area contributed by atoms with Gasteiger partial charge in [-0.05, 0) is 34.2 Å². The van der Waals surface area contributed by atoms with Crippen molar-refractivity contribution in [2.75, 3.05) is 0 Å². The Morgan fingerprint density at radius 2 is 2.11 bits per heavy atom. The largest absolute Gasteiger partial charge is 0.573 e. The highest BCUT2D eigenvalue weighted by Crippen LogP contribution is 2.32. The lowest BCUT2D eigenvalue weighted by molar-refractivity contribution is -0.385. The summed E-state index contributed by atoms with van der Waals surface area (Å²) in [5.74, 6) is -0.878. The summed E-state index contributed by atoms with van der Waals surface area (Å²) in [6, 6.07) is 0.442. The molecule has 0 fully saturated rings. The van der Waals surface area contributed by atoms with Gasteiger partial charge >= 0.3 is 12.0 Å². The van der Waals surface area contributed by atoms with Crippen LogP contribution in [0.15, 0.2) is 6.07 Å².